The summed E-state index contributed by atoms with van der Waals surface area (Å²) in [4.78, 5) is 0. The predicted molar refractivity (Wildman–Crippen MR) is 28.5 cm³/mol. The molecule has 0 fully saturated rings. The van der Waals surface area contributed by atoms with E-state index < -0.39 is 0 Å². The van der Waals surface area contributed by atoms with Gasteiger partial charge in [0.2, 0.25) is 0 Å². The Morgan fingerprint density at radius 2 is 2.14 bits per heavy atom. The van der Waals surface area contributed by atoms with Gasteiger partial charge in [-0.05, 0) is 13.6 Å². The smallest absolute Gasteiger partial charge is 0.343 e. The van der Waals surface area contributed by atoms with Crippen LogP contribution in [0, 0.1) is 6.92 Å². The van der Waals surface area contributed by atoms with E-state index in [0.717, 1.165) is 13.0 Å². The minimum atomic E-state index is 0. The van der Waals surface area contributed by atoms with Gasteiger partial charge in [0.25, 0.3) is 0 Å². The van der Waals surface area contributed by atoms with E-state index in [4.69, 9.17) is 0 Å². The van der Waals surface area contributed by atoms with Crippen molar-refractivity contribution in [1.82, 2.24) is 5.32 Å². The maximum absolute atomic E-state index is 3.68. The summed E-state index contributed by atoms with van der Waals surface area (Å²) in [6.07, 6.45) is 2.23. The van der Waals surface area contributed by atoms with Crippen LogP contribution in [0.2, 0.25) is 0 Å². The molecule has 2 heteroatoms. The summed E-state index contributed by atoms with van der Waals surface area (Å²) in [6, 6.07) is 0. The molecule has 7 heavy (non-hydrogen) atoms. The van der Waals surface area contributed by atoms with Crippen LogP contribution in [0.25, 0.3) is 0 Å². The first kappa shape index (κ1) is 11.4. The summed E-state index contributed by atoms with van der Waals surface area (Å²) in [7, 11) is 1.95. The minimum absolute atomic E-state index is 0. The Morgan fingerprint density at radius 3 is 2.29 bits per heavy atom. The van der Waals surface area contributed by atoms with Crippen LogP contribution in [0.4, 0.5) is 0 Å². The number of hydrogen-bond acceptors (Lipinski definition) is 1. The van der Waals surface area contributed by atoms with E-state index in [9.17, 15) is 0 Å². The second kappa shape index (κ2) is 10.6. The van der Waals surface area contributed by atoms with Crippen molar-refractivity contribution in [3.8, 4) is 0 Å². The molecule has 1 N–H and O–H groups in total. The van der Waals surface area contributed by atoms with E-state index in [1.54, 1.807) is 0 Å². The number of rotatable bonds is 3. The first-order chi connectivity index (χ1) is 2.91. The average molecular weight is 125 g/mol. The largest absolute Gasteiger partial charge is 1.00 e. The molecule has 0 heterocycles. The third-order valence-electron chi connectivity index (χ3n) is 0.677. The van der Waals surface area contributed by atoms with Gasteiger partial charge in [0.05, 0.1) is 0 Å². The molecule has 1 nitrogen and oxygen atoms in total. The van der Waals surface area contributed by atoms with Crippen LogP contribution in [0.5, 0.6) is 0 Å². The van der Waals surface area contributed by atoms with Gasteiger partial charge in [0.1, 0.15) is 0 Å². The number of hydrogen-bond donors (Lipinski definition) is 1. The van der Waals surface area contributed by atoms with Gasteiger partial charge in [0.15, 0.2) is 0 Å². The Bertz CT molecular complexity index is 20.0. The van der Waals surface area contributed by atoms with Crippen molar-refractivity contribution < 1.29 is 51.4 Å². The van der Waals surface area contributed by atoms with Crippen molar-refractivity contribution in [2.75, 3.05) is 13.6 Å². The molecule has 0 saturated carbocycles. The van der Waals surface area contributed by atoms with Crippen LogP contribution in [0.3, 0.4) is 0 Å². The molecule has 0 bridgehead atoms. The molecule has 0 aliphatic heterocycles. The fraction of sp³-hybridized carbons (Fsp3) is 0.800. The van der Waals surface area contributed by atoms with E-state index in [0.29, 0.717) is 0 Å². The Balaban J connectivity index is 0. The molecule has 0 aromatic carbocycles. The SMILES string of the molecule is [CH2-]CCCNC.[K+]. The summed E-state index contributed by atoms with van der Waals surface area (Å²) >= 11 is 0. The molecule has 0 radical (unpaired) electrons. The second-order valence-electron chi connectivity index (χ2n) is 1.31. The predicted octanol–water partition coefficient (Wildman–Crippen LogP) is -2.18. The van der Waals surface area contributed by atoms with E-state index in [2.05, 4.69) is 12.2 Å². The van der Waals surface area contributed by atoms with Crippen molar-refractivity contribution in [3.63, 3.8) is 0 Å². The summed E-state index contributed by atoms with van der Waals surface area (Å²) in [5, 5.41) is 3.03. The van der Waals surface area contributed by atoms with Crippen molar-refractivity contribution in [2.45, 2.75) is 12.8 Å². The first-order valence-corrected chi connectivity index (χ1v) is 2.35. The Labute approximate surface area is 88.7 Å². The van der Waals surface area contributed by atoms with E-state index in [1.165, 1.54) is 6.42 Å². The maximum atomic E-state index is 3.68. The summed E-state index contributed by atoms with van der Waals surface area (Å²) < 4.78 is 0. The third kappa shape index (κ3) is 11.3. The molecule has 0 amide bonds. The van der Waals surface area contributed by atoms with Gasteiger partial charge in [-0.25, -0.2) is 0 Å². The standard InChI is InChI=1S/C5H12N.K/c1-3-4-5-6-2;/h6H,1,3-5H2,2H3;/q-1;+1. The Morgan fingerprint density at radius 1 is 1.57 bits per heavy atom. The molecule has 0 aromatic rings. The molecule has 0 aromatic heterocycles. The Kier molecular flexibility index (Phi) is 17.2. The summed E-state index contributed by atoms with van der Waals surface area (Å²) in [5.74, 6) is 0. The zero-order valence-corrected chi connectivity index (χ0v) is 8.45. The number of nitrogens with one attached hydrogen (secondary N) is 1. The molecule has 0 atom stereocenters. The minimum Gasteiger partial charge on any atom is -0.343 e. The van der Waals surface area contributed by atoms with Gasteiger partial charge < -0.3 is 12.2 Å². The molecular formula is C5H12KN. The third-order valence-corrected chi connectivity index (χ3v) is 0.677. The van der Waals surface area contributed by atoms with Crippen LogP contribution < -0.4 is 56.7 Å². The molecule has 0 spiro atoms. The van der Waals surface area contributed by atoms with Crippen molar-refractivity contribution in [1.29, 1.82) is 0 Å². The average Bonchev–Trinajstić information content (AvgIpc) is 1.61. The fourth-order valence-corrected chi connectivity index (χ4v) is 0.302. The number of unbranched alkanes of at least 4 members (excludes halogenated alkanes) is 1. The van der Waals surface area contributed by atoms with E-state index >= 15 is 0 Å². The van der Waals surface area contributed by atoms with E-state index in [1.807, 2.05) is 7.05 Å². The molecule has 0 unspecified atom stereocenters. The summed E-state index contributed by atoms with van der Waals surface area (Å²) in [5.41, 5.74) is 0. The zero-order valence-electron chi connectivity index (χ0n) is 5.33. The van der Waals surface area contributed by atoms with Gasteiger partial charge in [-0.2, -0.15) is 6.42 Å². The van der Waals surface area contributed by atoms with Crippen LogP contribution in [-0.2, 0) is 0 Å². The van der Waals surface area contributed by atoms with Crippen molar-refractivity contribution >= 4 is 0 Å². The summed E-state index contributed by atoms with van der Waals surface area (Å²) in [6.45, 7) is 4.78. The zero-order chi connectivity index (χ0) is 4.83. The molecule has 0 rings (SSSR count). The van der Waals surface area contributed by atoms with Crippen LogP contribution in [0.15, 0.2) is 0 Å². The molecule has 38 valence electrons. The molecule has 0 saturated heterocycles. The van der Waals surface area contributed by atoms with Crippen LogP contribution in [-0.4, -0.2) is 13.6 Å². The van der Waals surface area contributed by atoms with Gasteiger partial charge >= 0.3 is 51.4 Å². The topological polar surface area (TPSA) is 12.0 Å². The van der Waals surface area contributed by atoms with Crippen molar-refractivity contribution in [2.24, 2.45) is 0 Å². The van der Waals surface area contributed by atoms with Gasteiger partial charge in [-0.15, -0.1) is 0 Å². The molecular weight excluding hydrogens is 113 g/mol. The maximum Gasteiger partial charge on any atom is 1.00 e. The monoisotopic (exact) mass is 125 g/mol. The van der Waals surface area contributed by atoms with Gasteiger partial charge in [-0.1, -0.05) is 6.42 Å². The normalized spacial score (nSPS) is 7.71. The first-order valence-electron chi connectivity index (χ1n) is 2.35. The quantitative estimate of drug-likeness (QED) is 0.257. The van der Waals surface area contributed by atoms with Crippen molar-refractivity contribution in [3.05, 3.63) is 6.92 Å². The molecule has 0 aliphatic carbocycles. The Hall–Kier alpha value is 1.60. The molecule has 0 aliphatic rings. The van der Waals surface area contributed by atoms with Crippen LogP contribution in [0.1, 0.15) is 12.8 Å². The van der Waals surface area contributed by atoms with E-state index in [-0.39, 0.29) is 51.4 Å². The second-order valence-corrected chi connectivity index (χ2v) is 1.31. The van der Waals surface area contributed by atoms with Gasteiger partial charge in [-0.3, -0.25) is 0 Å². The fourth-order valence-electron chi connectivity index (χ4n) is 0.302. The van der Waals surface area contributed by atoms with Gasteiger partial charge in [0, 0.05) is 0 Å². The van der Waals surface area contributed by atoms with Crippen LogP contribution >= 0.6 is 0 Å².